The van der Waals surface area contributed by atoms with Gasteiger partial charge in [0.2, 0.25) is 21.8 Å². The van der Waals surface area contributed by atoms with E-state index in [1.165, 1.54) is 24.3 Å². The minimum atomic E-state index is -3.76. The van der Waals surface area contributed by atoms with E-state index >= 15 is 0 Å². The van der Waals surface area contributed by atoms with Crippen molar-refractivity contribution >= 4 is 39.1 Å². The van der Waals surface area contributed by atoms with Gasteiger partial charge in [-0.1, -0.05) is 19.8 Å². The van der Waals surface area contributed by atoms with Crippen molar-refractivity contribution in [2.45, 2.75) is 50.3 Å². The summed E-state index contributed by atoms with van der Waals surface area (Å²) in [5.74, 6) is -0.389. The molecule has 9 nitrogen and oxygen atoms in total. The Balaban J connectivity index is 1.42. The van der Waals surface area contributed by atoms with Crippen LogP contribution in [0.2, 0.25) is 0 Å². The van der Waals surface area contributed by atoms with Gasteiger partial charge in [-0.25, -0.2) is 13.1 Å². The first kappa shape index (κ1) is 26.4. The molecule has 1 aliphatic carbocycles. The SMILES string of the molecule is CCCC(=O)Nc1ccc(S(=O)(=O)NCCNC(=O)c2ccc(NC(=O)C3CCCC3)cc2)cc1. The molecule has 2 aromatic carbocycles. The molecule has 0 heterocycles. The molecular formula is C25H32N4O5S. The maximum absolute atomic E-state index is 12.5. The smallest absolute Gasteiger partial charge is 0.251 e. The maximum Gasteiger partial charge on any atom is 0.251 e. The van der Waals surface area contributed by atoms with Crippen LogP contribution in [-0.2, 0) is 19.6 Å². The molecule has 10 heteroatoms. The third-order valence-electron chi connectivity index (χ3n) is 5.77. The van der Waals surface area contributed by atoms with Crippen molar-refractivity contribution < 1.29 is 22.8 Å². The first-order valence-electron chi connectivity index (χ1n) is 11.9. The highest BCUT2D eigenvalue weighted by Crippen LogP contribution is 2.26. The molecule has 4 N–H and O–H groups in total. The molecule has 0 bridgehead atoms. The molecule has 3 rings (SSSR count). The fourth-order valence-electron chi connectivity index (χ4n) is 3.85. The number of sulfonamides is 1. The summed E-state index contributed by atoms with van der Waals surface area (Å²) in [6.45, 7) is 2.01. The zero-order valence-electron chi connectivity index (χ0n) is 19.8. The summed E-state index contributed by atoms with van der Waals surface area (Å²) in [4.78, 5) is 36.3. The van der Waals surface area contributed by atoms with E-state index in [0.717, 1.165) is 32.1 Å². The Hall–Kier alpha value is -3.24. The van der Waals surface area contributed by atoms with E-state index in [1.807, 2.05) is 6.92 Å². The quantitative estimate of drug-likeness (QED) is 0.352. The van der Waals surface area contributed by atoms with Gasteiger partial charge in [0.1, 0.15) is 0 Å². The number of carbonyl (C=O) groups is 3. The number of benzene rings is 2. The number of amides is 3. The van der Waals surface area contributed by atoms with Gasteiger partial charge in [0, 0.05) is 42.4 Å². The van der Waals surface area contributed by atoms with Gasteiger partial charge in [-0.15, -0.1) is 0 Å². The van der Waals surface area contributed by atoms with E-state index in [2.05, 4.69) is 20.7 Å². The third-order valence-corrected chi connectivity index (χ3v) is 7.25. The van der Waals surface area contributed by atoms with Gasteiger partial charge in [0.05, 0.1) is 4.90 Å². The fourth-order valence-corrected chi connectivity index (χ4v) is 4.88. The number of hydrogen-bond acceptors (Lipinski definition) is 5. The lowest BCUT2D eigenvalue weighted by atomic mass is 10.1. The van der Waals surface area contributed by atoms with Crippen molar-refractivity contribution in [1.29, 1.82) is 0 Å². The second kappa shape index (κ2) is 12.5. The van der Waals surface area contributed by atoms with Crippen LogP contribution >= 0.6 is 0 Å². The van der Waals surface area contributed by atoms with E-state index in [9.17, 15) is 22.8 Å². The van der Waals surface area contributed by atoms with Gasteiger partial charge < -0.3 is 16.0 Å². The topological polar surface area (TPSA) is 133 Å². The highest BCUT2D eigenvalue weighted by atomic mass is 32.2. The molecule has 0 spiro atoms. The van der Waals surface area contributed by atoms with Crippen LogP contribution in [0, 0.1) is 5.92 Å². The Morgan fingerprint density at radius 2 is 1.46 bits per heavy atom. The number of nitrogens with one attached hydrogen (secondary N) is 4. The average Bonchev–Trinajstić information content (AvgIpc) is 3.38. The van der Waals surface area contributed by atoms with Crippen molar-refractivity contribution in [3.63, 3.8) is 0 Å². The van der Waals surface area contributed by atoms with E-state index in [4.69, 9.17) is 0 Å². The fraction of sp³-hybridized carbons (Fsp3) is 0.400. The monoisotopic (exact) mass is 500 g/mol. The van der Waals surface area contributed by atoms with Crippen LogP contribution in [0.15, 0.2) is 53.4 Å². The number of rotatable bonds is 11. The molecule has 0 aromatic heterocycles. The van der Waals surface area contributed by atoms with Crippen LogP contribution in [0.3, 0.4) is 0 Å². The molecule has 0 aliphatic heterocycles. The third kappa shape index (κ3) is 7.90. The van der Waals surface area contributed by atoms with Crippen molar-refractivity contribution in [2.75, 3.05) is 23.7 Å². The van der Waals surface area contributed by atoms with Crippen molar-refractivity contribution in [2.24, 2.45) is 5.92 Å². The van der Waals surface area contributed by atoms with E-state index in [-0.39, 0.29) is 41.6 Å². The Bertz CT molecular complexity index is 1130. The van der Waals surface area contributed by atoms with Gasteiger partial charge in [-0.2, -0.15) is 0 Å². The molecule has 1 fully saturated rings. The number of carbonyl (C=O) groups excluding carboxylic acids is 3. The van der Waals surface area contributed by atoms with Crippen molar-refractivity contribution in [1.82, 2.24) is 10.0 Å². The van der Waals surface area contributed by atoms with Gasteiger partial charge >= 0.3 is 0 Å². The van der Waals surface area contributed by atoms with Crippen LogP contribution < -0.4 is 20.7 Å². The largest absolute Gasteiger partial charge is 0.351 e. The average molecular weight is 501 g/mol. The predicted octanol–water partition coefficient (Wildman–Crippen LogP) is 3.26. The predicted molar refractivity (Wildman–Crippen MR) is 135 cm³/mol. The Morgan fingerprint density at radius 3 is 2.09 bits per heavy atom. The zero-order valence-corrected chi connectivity index (χ0v) is 20.6. The Labute approximate surface area is 206 Å². The van der Waals surface area contributed by atoms with Crippen molar-refractivity contribution in [3.05, 3.63) is 54.1 Å². The van der Waals surface area contributed by atoms with E-state index < -0.39 is 10.0 Å². The van der Waals surface area contributed by atoms with E-state index in [1.54, 1.807) is 24.3 Å². The number of hydrogen-bond donors (Lipinski definition) is 4. The highest BCUT2D eigenvalue weighted by molar-refractivity contribution is 7.89. The Morgan fingerprint density at radius 1 is 0.857 bits per heavy atom. The summed E-state index contributed by atoms with van der Waals surface area (Å²) >= 11 is 0. The second-order valence-electron chi connectivity index (χ2n) is 8.52. The zero-order chi connectivity index (χ0) is 25.3. The Kier molecular flexibility index (Phi) is 9.39. The molecule has 188 valence electrons. The van der Waals surface area contributed by atoms with Gasteiger partial charge in [0.15, 0.2) is 0 Å². The lowest BCUT2D eigenvalue weighted by Crippen LogP contribution is -2.34. The molecule has 35 heavy (non-hydrogen) atoms. The lowest BCUT2D eigenvalue weighted by molar-refractivity contribution is -0.119. The minimum absolute atomic E-state index is 0.0125. The normalized spacial score (nSPS) is 13.9. The van der Waals surface area contributed by atoms with Gasteiger partial charge in [-0.05, 0) is 67.8 Å². The van der Waals surface area contributed by atoms with E-state index in [0.29, 0.717) is 23.4 Å². The summed E-state index contributed by atoms with van der Waals surface area (Å²) in [7, 11) is -3.76. The van der Waals surface area contributed by atoms with Crippen LogP contribution in [0.4, 0.5) is 11.4 Å². The lowest BCUT2D eigenvalue weighted by Gasteiger charge is -2.11. The summed E-state index contributed by atoms with van der Waals surface area (Å²) in [5, 5.41) is 8.26. The van der Waals surface area contributed by atoms with Gasteiger partial charge in [-0.3, -0.25) is 14.4 Å². The van der Waals surface area contributed by atoms with Crippen LogP contribution in [0.5, 0.6) is 0 Å². The molecule has 0 radical (unpaired) electrons. The maximum atomic E-state index is 12.5. The molecule has 0 saturated heterocycles. The molecule has 0 unspecified atom stereocenters. The summed E-state index contributed by atoms with van der Waals surface area (Å²) < 4.78 is 27.4. The molecule has 1 aliphatic rings. The molecule has 1 saturated carbocycles. The molecule has 3 amide bonds. The summed E-state index contributed by atoms with van der Waals surface area (Å²) in [6, 6.07) is 12.5. The number of anilines is 2. The van der Waals surface area contributed by atoms with Crippen LogP contribution in [-0.4, -0.2) is 39.2 Å². The first-order chi connectivity index (χ1) is 16.8. The van der Waals surface area contributed by atoms with Crippen LogP contribution in [0.25, 0.3) is 0 Å². The van der Waals surface area contributed by atoms with Crippen molar-refractivity contribution in [3.8, 4) is 0 Å². The first-order valence-corrected chi connectivity index (χ1v) is 13.4. The standard InChI is InChI=1S/C25H32N4O5S/c1-2-5-23(30)28-20-12-14-22(15-13-20)35(33,34)27-17-16-26-24(31)19-8-10-21(11-9-19)29-25(32)18-6-3-4-7-18/h8-15,18,27H,2-7,16-17H2,1H3,(H,26,31)(H,28,30)(H,29,32). The minimum Gasteiger partial charge on any atom is -0.351 e. The van der Waals surface area contributed by atoms with Gasteiger partial charge in [0.25, 0.3) is 5.91 Å². The molecule has 2 aromatic rings. The molecule has 0 atom stereocenters. The summed E-state index contributed by atoms with van der Waals surface area (Å²) in [6.07, 6.45) is 5.12. The second-order valence-corrected chi connectivity index (χ2v) is 10.3. The summed E-state index contributed by atoms with van der Waals surface area (Å²) in [5.41, 5.74) is 1.58. The molecular weight excluding hydrogens is 468 g/mol. The highest BCUT2D eigenvalue weighted by Gasteiger charge is 2.22. The van der Waals surface area contributed by atoms with Crippen LogP contribution in [0.1, 0.15) is 55.8 Å².